The molecule has 0 amide bonds. The van der Waals surface area contributed by atoms with Crippen molar-refractivity contribution in [3.05, 3.63) is 41.9 Å². The Labute approximate surface area is 125 Å². The summed E-state index contributed by atoms with van der Waals surface area (Å²) in [5, 5.41) is 13.5. The molecule has 1 aromatic carbocycles. The molecule has 2 N–H and O–H groups in total. The van der Waals surface area contributed by atoms with E-state index in [0.29, 0.717) is 37.1 Å². The van der Waals surface area contributed by atoms with Crippen LogP contribution in [0.1, 0.15) is 6.42 Å². The molecule has 1 atom stereocenters. The molecule has 1 rings (SSSR count). The number of halogens is 1. The predicted octanol–water partition coefficient (Wildman–Crippen LogP) is 2.26. The molecule has 112 valence electrons. The zero-order chi connectivity index (χ0) is 14.6. The minimum absolute atomic E-state index is 0.242. The van der Waals surface area contributed by atoms with Gasteiger partial charge in [-0.05, 0) is 30.7 Å². The lowest BCUT2D eigenvalue weighted by molar-refractivity contribution is 0.0993. The second kappa shape index (κ2) is 10.7. The third kappa shape index (κ3) is 8.17. The smallest absolute Gasteiger partial charge is 0.119 e. The number of hydrogen-bond acceptors (Lipinski definition) is 4. The van der Waals surface area contributed by atoms with Crippen molar-refractivity contribution in [3.63, 3.8) is 0 Å². The van der Waals surface area contributed by atoms with Crippen molar-refractivity contribution < 1.29 is 14.6 Å². The Kier molecular flexibility index (Phi) is 9.07. The van der Waals surface area contributed by atoms with Crippen LogP contribution in [0.2, 0.25) is 5.02 Å². The van der Waals surface area contributed by atoms with Crippen molar-refractivity contribution in [3.8, 4) is 5.75 Å². The van der Waals surface area contributed by atoms with Gasteiger partial charge in [0.05, 0.1) is 13.2 Å². The summed E-state index contributed by atoms with van der Waals surface area (Å²) in [6.07, 6.45) is 2.13. The van der Waals surface area contributed by atoms with Gasteiger partial charge < -0.3 is 19.9 Å². The third-order valence-electron chi connectivity index (χ3n) is 2.53. The van der Waals surface area contributed by atoms with Gasteiger partial charge in [-0.25, -0.2) is 0 Å². The number of rotatable bonds is 11. The Morgan fingerprint density at radius 3 is 2.75 bits per heavy atom. The van der Waals surface area contributed by atoms with E-state index in [4.69, 9.17) is 21.1 Å². The first kappa shape index (κ1) is 17.0. The normalized spacial score (nSPS) is 12.1. The molecule has 0 bridgehead atoms. The lowest BCUT2D eigenvalue weighted by atomic mass is 10.3. The fourth-order valence-electron chi connectivity index (χ4n) is 1.46. The van der Waals surface area contributed by atoms with Gasteiger partial charge in [0.25, 0.3) is 0 Å². The number of hydrogen-bond donors (Lipinski definition) is 2. The SMILES string of the molecule is C=CCCOCCNCC(O)COc1ccc(Cl)cc1. The average Bonchev–Trinajstić information content (AvgIpc) is 2.46. The van der Waals surface area contributed by atoms with Gasteiger partial charge in [0.2, 0.25) is 0 Å². The molecule has 5 heteroatoms. The van der Waals surface area contributed by atoms with Gasteiger partial charge in [-0.2, -0.15) is 0 Å². The summed E-state index contributed by atoms with van der Waals surface area (Å²) in [5.74, 6) is 0.696. The van der Waals surface area contributed by atoms with E-state index in [9.17, 15) is 5.11 Å². The quantitative estimate of drug-likeness (QED) is 0.486. The van der Waals surface area contributed by atoms with Crippen molar-refractivity contribution in [2.75, 3.05) is 32.9 Å². The molecule has 1 aromatic rings. The molecule has 0 aromatic heterocycles. The summed E-state index contributed by atoms with van der Waals surface area (Å²) in [4.78, 5) is 0. The van der Waals surface area contributed by atoms with E-state index in [1.54, 1.807) is 24.3 Å². The minimum Gasteiger partial charge on any atom is -0.491 e. The highest BCUT2D eigenvalue weighted by Crippen LogP contribution is 2.15. The first-order valence-corrected chi connectivity index (χ1v) is 7.06. The van der Waals surface area contributed by atoms with Gasteiger partial charge in [-0.1, -0.05) is 17.7 Å². The number of aliphatic hydroxyl groups excluding tert-OH is 1. The number of nitrogens with one attached hydrogen (secondary N) is 1. The summed E-state index contributed by atoms with van der Waals surface area (Å²) < 4.78 is 10.8. The maximum absolute atomic E-state index is 9.74. The highest BCUT2D eigenvalue weighted by molar-refractivity contribution is 6.30. The summed E-state index contributed by atoms with van der Waals surface area (Å²) >= 11 is 5.77. The van der Waals surface area contributed by atoms with Gasteiger partial charge in [0.1, 0.15) is 18.5 Å². The molecule has 1 unspecified atom stereocenters. The van der Waals surface area contributed by atoms with Crippen molar-refractivity contribution >= 4 is 11.6 Å². The van der Waals surface area contributed by atoms with Crippen LogP contribution < -0.4 is 10.1 Å². The van der Waals surface area contributed by atoms with E-state index < -0.39 is 6.10 Å². The Hall–Kier alpha value is -1.07. The zero-order valence-electron chi connectivity index (χ0n) is 11.6. The van der Waals surface area contributed by atoms with Gasteiger partial charge >= 0.3 is 0 Å². The van der Waals surface area contributed by atoms with Gasteiger partial charge in [-0.3, -0.25) is 0 Å². The molecule has 4 nitrogen and oxygen atoms in total. The first-order chi connectivity index (χ1) is 9.72. The molecule has 0 spiro atoms. The van der Waals surface area contributed by atoms with Crippen molar-refractivity contribution in [1.29, 1.82) is 0 Å². The van der Waals surface area contributed by atoms with E-state index in [1.165, 1.54) is 0 Å². The molecule has 0 fully saturated rings. The fraction of sp³-hybridized carbons (Fsp3) is 0.467. The molecule has 0 radical (unpaired) electrons. The lowest BCUT2D eigenvalue weighted by Gasteiger charge is -2.13. The fourth-order valence-corrected chi connectivity index (χ4v) is 1.59. The number of ether oxygens (including phenoxy) is 2. The molecule has 0 heterocycles. The molecule has 0 saturated heterocycles. The van der Waals surface area contributed by atoms with E-state index in [1.807, 2.05) is 6.08 Å². The molecule has 0 aliphatic carbocycles. The van der Waals surface area contributed by atoms with Crippen LogP contribution in [0.25, 0.3) is 0 Å². The average molecular weight is 300 g/mol. The van der Waals surface area contributed by atoms with Crippen molar-refractivity contribution in [2.24, 2.45) is 0 Å². The largest absolute Gasteiger partial charge is 0.491 e. The summed E-state index contributed by atoms with van der Waals surface area (Å²) in [5.41, 5.74) is 0. The highest BCUT2D eigenvalue weighted by atomic mass is 35.5. The standard InChI is InChI=1S/C15H22ClNO3/c1-2-3-9-19-10-8-17-11-14(18)12-20-15-6-4-13(16)5-7-15/h2,4-7,14,17-18H,1,3,8-12H2. The number of benzene rings is 1. The maximum atomic E-state index is 9.74. The molecular weight excluding hydrogens is 278 g/mol. The second-order valence-electron chi connectivity index (χ2n) is 4.31. The van der Waals surface area contributed by atoms with Gasteiger partial charge in [-0.15, -0.1) is 6.58 Å². The van der Waals surface area contributed by atoms with Gasteiger partial charge in [0.15, 0.2) is 0 Å². The molecule has 0 aliphatic rings. The van der Waals surface area contributed by atoms with E-state index in [-0.39, 0.29) is 6.61 Å². The Morgan fingerprint density at radius 1 is 1.30 bits per heavy atom. The highest BCUT2D eigenvalue weighted by Gasteiger charge is 2.04. The summed E-state index contributed by atoms with van der Waals surface area (Å²) in [6.45, 7) is 6.35. The van der Waals surface area contributed by atoms with Gasteiger partial charge in [0, 0.05) is 18.1 Å². The van der Waals surface area contributed by atoms with Crippen LogP contribution in [-0.2, 0) is 4.74 Å². The Bertz CT molecular complexity index is 370. The van der Waals surface area contributed by atoms with Crippen LogP contribution in [-0.4, -0.2) is 44.1 Å². The Balaban J connectivity index is 2.01. The van der Waals surface area contributed by atoms with Crippen LogP contribution in [0, 0.1) is 0 Å². The lowest BCUT2D eigenvalue weighted by Crippen LogP contribution is -2.33. The van der Waals surface area contributed by atoms with Crippen LogP contribution in [0.3, 0.4) is 0 Å². The van der Waals surface area contributed by atoms with Crippen LogP contribution in [0.15, 0.2) is 36.9 Å². The first-order valence-electron chi connectivity index (χ1n) is 6.68. The van der Waals surface area contributed by atoms with Crippen molar-refractivity contribution in [1.82, 2.24) is 5.32 Å². The van der Waals surface area contributed by atoms with E-state index in [2.05, 4.69) is 11.9 Å². The van der Waals surface area contributed by atoms with Crippen LogP contribution >= 0.6 is 11.6 Å². The second-order valence-corrected chi connectivity index (χ2v) is 4.75. The summed E-state index contributed by atoms with van der Waals surface area (Å²) in [6, 6.07) is 7.05. The Morgan fingerprint density at radius 2 is 2.05 bits per heavy atom. The zero-order valence-corrected chi connectivity index (χ0v) is 12.3. The molecule has 0 saturated carbocycles. The minimum atomic E-state index is -0.557. The maximum Gasteiger partial charge on any atom is 0.119 e. The topological polar surface area (TPSA) is 50.7 Å². The van der Waals surface area contributed by atoms with E-state index in [0.717, 1.165) is 6.42 Å². The molecule has 0 aliphatic heterocycles. The van der Waals surface area contributed by atoms with Crippen molar-refractivity contribution in [2.45, 2.75) is 12.5 Å². The molecular formula is C15H22ClNO3. The van der Waals surface area contributed by atoms with Crippen LogP contribution in [0.4, 0.5) is 0 Å². The predicted molar refractivity (Wildman–Crippen MR) is 81.5 cm³/mol. The molecule has 20 heavy (non-hydrogen) atoms. The van der Waals surface area contributed by atoms with Crippen LogP contribution in [0.5, 0.6) is 5.75 Å². The number of aliphatic hydroxyl groups is 1. The monoisotopic (exact) mass is 299 g/mol. The summed E-state index contributed by atoms with van der Waals surface area (Å²) in [7, 11) is 0. The van der Waals surface area contributed by atoms with E-state index >= 15 is 0 Å². The third-order valence-corrected chi connectivity index (χ3v) is 2.78.